The van der Waals surface area contributed by atoms with Crippen LogP contribution >= 0.6 is 0 Å². The van der Waals surface area contributed by atoms with Crippen molar-refractivity contribution in [2.75, 3.05) is 5.73 Å². The number of primary amides is 1. The van der Waals surface area contributed by atoms with Gasteiger partial charge in [0, 0.05) is 5.69 Å². The number of hydrogen-bond acceptors (Lipinski definition) is 7. The van der Waals surface area contributed by atoms with Gasteiger partial charge in [-0.3, -0.25) is 4.79 Å². The molecule has 0 saturated heterocycles. The summed E-state index contributed by atoms with van der Waals surface area (Å²) in [5.74, 6) is 0.700. The maximum Gasteiger partial charge on any atom is 0.225 e. The van der Waals surface area contributed by atoms with E-state index in [0.717, 1.165) is 12.1 Å². The summed E-state index contributed by atoms with van der Waals surface area (Å²) in [4.78, 5) is 24.0. The maximum atomic E-state index is 11.2. The summed E-state index contributed by atoms with van der Waals surface area (Å²) < 4.78 is 1.51. The molecule has 0 aromatic carbocycles. The Morgan fingerprint density at radius 2 is 2.00 bits per heavy atom. The molecule has 5 N–H and O–H groups in total. The molecule has 2 aromatic rings. The lowest BCUT2D eigenvalue weighted by molar-refractivity contribution is -0.117. The number of nitrogens with zero attached hydrogens (tertiary/aromatic N) is 5. The molecule has 2 rings (SSSR count). The summed E-state index contributed by atoms with van der Waals surface area (Å²) in [5.41, 5.74) is 11.3. The van der Waals surface area contributed by atoms with Crippen LogP contribution in [0.4, 0.5) is 5.95 Å². The van der Waals surface area contributed by atoms with Gasteiger partial charge >= 0.3 is 0 Å². The Balaban J connectivity index is 2.50. The summed E-state index contributed by atoms with van der Waals surface area (Å²) in [5, 5.41) is 14.4. The molecule has 9 heteroatoms. The first-order chi connectivity index (χ1) is 11.5. The average Bonchev–Trinajstić information content (AvgIpc) is 2.76. The van der Waals surface area contributed by atoms with Gasteiger partial charge in [0.05, 0.1) is 18.6 Å². The van der Waals surface area contributed by atoms with Crippen molar-refractivity contribution < 1.29 is 9.90 Å². The van der Waals surface area contributed by atoms with Crippen LogP contribution in [-0.2, 0) is 24.2 Å². The number of nitrogen functional groups attached to an aromatic ring is 1. The van der Waals surface area contributed by atoms with Gasteiger partial charge in [-0.15, -0.1) is 0 Å². The zero-order valence-electron chi connectivity index (χ0n) is 15.0. The van der Waals surface area contributed by atoms with Crippen LogP contribution in [0.5, 0.6) is 0 Å². The van der Waals surface area contributed by atoms with E-state index in [-0.39, 0.29) is 24.7 Å². The minimum atomic E-state index is -1.02. The fourth-order valence-electron chi connectivity index (χ4n) is 2.44. The number of aromatic nitrogens is 5. The summed E-state index contributed by atoms with van der Waals surface area (Å²) in [6.45, 7) is 7.66. The number of carbonyl (C=O) groups excluding carboxylic acids is 1. The molecular formula is C16H25N7O2. The van der Waals surface area contributed by atoms with Crippen molar-refractivity contribution >= 4 is 11.9 Å². The quantitative estimate of drug-likeness (QED) is 0.653. The van der Waals surface area contributed by atoms with Crippen LogP contribution < -0.4 is 11.5 Å². The molecule has 0 aliphatic heterocycles. The predicted octanol–water partition coefficient (Wildman–Crippen LogP) is 0.315. The number of aliphatic hydroxyl groups is 1. The van der Waals surface area contributed by atoms with Crippen molar-refractivity contribution in [2.45, 2.75) is 52.7 Å². The zero-order valence-corrected chi connectivity index (χ0v) is 15.0. The van der Waals surface area contributed by atoms with Crippen LogP contribution in [0.2, 0.25) is 0 Å². The minimum absolute atomic E-state index is 0.0920. The number of anilines is 1. The van der Waals surface area contributed by atoms with Crippen LogP contribution in [0, 0.1) is 5.92 Å². The van der Waals surface area contributed by atoms with Crippen LogP contribution in [0.25, 0.3) is 11.5 Å². The standard InChI is InChI=1S/C16H25N7O2/c1-9(2)5-10-6-11(20-15(18)19-10)14-21-13(7-12(17)24)22-23(14)8-16(3,4)25/h6,9,25H,5,7-8H2,1-4H3,(H2,17,24)(H2,18,19,20). The Bertz CT molecular complexity index is 762. The lowest BCUT2D eigenvalue weighted by Gasteiger charge is -2.18. The highest BCUT2D eigenvalue weighted by atomic mass is 16.3. The van der Waals surface area contributed by atoms with Crippen LogP contribution in [0.3, 0.4) is 0 Å². The van der Waals surface area contributed by atoms with E-state index in [9.17, 15) is 9.90 Å². The van der Waals surface area contributed by atoms with E-state index in [4.69, 9.17) is 11.5 Å². The first-order valence-corrected chi connectivity index (χ1v) is 8.11. The van der Waals surface area contributed by atoms with E-state index in [0.29, 0.717) is 17.4 Å². The molecule has 2 heterocycles. The SMILES string of the molecule is CC(C)Cc1cc(-c2nc(CC(N)=O)nn2CC(C)(C)O)nc(N)n1. The van der Waals surface area contributed by atoms with E-state index in [2.05, 4.69) is 33.9 Å². The van der Waals surface area contributed by atoms with Gasteiger partial charge in [-0.1, -0.05) is 13.8 Å². The Morgan fingerprint density at radius 3 is 2.56 bits per heavy atom. The largest absolute Gasteiger partial charge is 0.389 e. The van der Waals surface area contributed by atoms with Crippen molar-refractivity contribution in [3.63, 3.8) is 0 Å². The van der Waals surface area contributed by atoms with Gasteiger partial charge in [0.15, 0.2) is 11.6 Å². The topological polar surface area (TPSA) is 146 Å². The molecule has 0 spiro atoms. The second-order valence-electron chi connectivity index (χ2n) is 7.17. The minimum Gasteiger partial charge on any atom is -0.389 e. The highest BCUT2D eigenvalue weighted by Crippen LogP contribution is 2.20. The molecule has 2 aromatic heterocycles. The van der Waals surface area contributed by atoms with Crippen LogP contribution in [-0.4, -0.2) is 41.3 Å². The first kappa shape index (κ1) is 18.8. The van der Waals surface area contributed by atoms with Crippen molar-refractivity contribution in [3.05, 3.63) is 17.6 Å². The summed E-state index contributed by atoms with van der Waals surface area (Å²) in [6, 6.07) is 1.80. The highest BCUT2D eigenvalue weighted by molar-refractivity contribution is 5.75. The zero-order chi connectivity index (χ0) is 18.8. The van der Waals surface area contributed by atoms with E-state index in [1.807, 2.05) is 0 Å². The fourth-order valence-corrected chi connectivity index (χ4v) is 2.44. The number of nitrogens with two attached hydrogens (primary N) is 2. The summed E-state index contributed by atoms with van der Waals surface area (Å²) in [6.07, 6.45) is 0.652. The first-order valence-electron chi connectivity index (χ1n) is 8.11. The Morgan fingerprint density at radius 1 is 1.32 bits per heavy atom. The summed E-state index contributed by atoms with van der Waals surface area (Å²) in [7, 11) is 0. The van der Waals surface area contributed by atoms with Crippen LogP contribution in [0.1, 0.15) is 39.2 Å². The third-order valence-corrected chi connectivity index (χ3v) is 3.23. The second kappa shape index (κ2) is 7.14. The molecule has 0 unspecified atom stereocenters. The van der Waals surface area contributed by atoms with Crippen molar-refractivity contribution in [3.8, 4) is 11.5 Å². The molecule has 136 valence electrons. The number of rotatable bonds is 7. The molecule has 1 amide bonds. The van der Waals surface area contributed by atoms with Gasteiger partial charge in [0.25, 0.3) is 0 Å². The Kier molecular flexibility index (Phi) is 5.36. The molecule has 0 radical (unpaired) electrons. The molecule has 0 aliphatic rings. The fraction of sp³-hybridized carbons (Fsp3) is 0.562. The molecule has 0 atom stereocenters. The van der Waals surface area contributed by atoms with E-state index in [1.165, 1.54) is 4.68 Å². The molecular weight excluding hydrogens is 322 g/mol. The maximum absolute atomic E-state index is 11.2. The van der Waals surface area contributed by atoms with Crippen LogP contribution in [0.15, 0.2) is 6.07 Å². The van der Waals surface area contributed by atoms with E-state index < -0.39 is 11.5 Å². The second-order valence-corrected chi connectivity index (χ2v) is 7.17. The average molecular weight is 347 g/mol. The highest BCUT2D eigenvalue weighted by Gasteiger charge is 2.21. The van der Waals surface area contributed by atoms with Gasteiger partial charge in [-0.05, 0) is 32.3 Å². The van der Waals surface area contributed by atoms with Gasteiger partial charge in [0.2, 0.25) is 11.9 Å². The molecule has 9 nitrogen and oxygen atoms in total. The van der Waals surface area contributed by atoms with Crippen molar-refractivity contribution in [1.29, 1.82) is 0 Å². The molecule has 0 aliphatic carbocycles. The third-order valence-electron chi connectivity index (χ3n) is 3.23. The molecule has 0 bridgehead atoms. The number of hydrogen-bond donors (Lipinski definition) is 3. The Hall–Kier alpha value is -2.55. The van der Waals surface area contributed by atoms with Gasteiger partial charge in [-0.25, -0.2) is 19.6 Å². The predicted molar refractivity (Wildman–Crippen MR) is 93.2 cm³/mol. The lowest BCUT2D eigenvalue weighted by Crippen LogP contribution is -2.27. The monoisotopic (exact) mass is 347 g/mol. The lowest BCUT2D eigenvalue weighted by atomic mass is 10.1. The van der Waals surface area contributed by atoms with Gasteiger partial charge in [-0.2, -0.15) is 5.10 Å². The van der Waals surface area contributed by atoms with E-state index >= 15 is 0 Å². The van der Waals surface area contributed by atoms with Crippen molar-refractivity contribution in [2.24, 2.45) is 11.7 Å². The van der Waals surface area contributed by atoms with Gasteiger partial charge < -0.3 is 16.6 Å². The summed E-state index contributed by atoms with van der Waals surface area (Å²) >= 11 is 0. The number of carbonyl (C=O) groups is 1. The molecule has 25 heavy (non-hydrogen) atoms. The third kappa shape index (κ3) is 5.49. The molecule has 0 fully saturated rings. The smallest absolute Gasteiger partial charge is 0.225 e. The van der Waals surface area contributed by atoms with E-state index in [1.54, 1.807) is 19.9 Å². The van der Waals surface area contributed by atoms with Crippen molar-refractivity contribution in [1.82, 2.24) is 24.7 Å². The number of amides is 1. The van der Waals surface area contributed by atoms with Gasteiger partial charge in [0.1, 0.15) is 5.69 Å². The Labute approximate surface area is 146 Å². The normalized spacial score (nSPS) is 11.9. The molecule has 0 saturated carbocycles.